The number of esters is 1. The molecule has 1 aromatic carbocycles. The van der Waals surface area contributed by atoms with E-state index in [1.54, 1.807) is 23.6 Å². The lowest BCUT2D eigenvalue weighted by molar-refractivity contribution is -0.143. The van der Waals surface area contributed by atoms with Gasteiger partial charge in [0, 0.05) is 4.90 Å². The van der Waals surface area contributed by atoms with Crippen molar-refractivity contribution in [1.29, 1.82) is 0 Å². The van der Waals surface area contributed by atoms with Crippen LogP contribution in [0.25, 0.3) is 0 Å². The third-order valence-corrected chi connectivity index (χ3v) is 6.05. The smallest absolute Gasteiger partial charge is 0.338 e. The quantitative estimate of drug-likeness (QED) is 0.574. The summed E-state index contributed by atoms with van der Waals surface area (Å²) < 4.78 is 5.45. The van der Waals surface area contributed by atoms with E-state index in [1.807, 2.05) is 51.3 Å². The van der Waals surface area contributed by atoms with Crippen LogP contribution in [-0.4, -0.2) is 39.6 Å². The molecule has 0 N–H and O–H groups in total. The van der Waals surface area contributed by atoms with E-state index in [0.29, 0.717) is 16.4 Å². The number of rotatable bonds is 4. The van der Waals surface area contributed by atoms with Crippen LogP contribution in [0.5, 0.6) is 0 Å². The Labute approximate surface area is 162 Å². The molecule has 7 heteroatoms. The number of carbonyl (C=O) groups is 2. The molecule has 2 heterocycles. The van der Waals surface area contributed by atoms with E-state index in [9.17, 15) is 9.59 Å². The normalized spacial score (nSPS) is 22.6. The topological polar surface area (TPSA) is 59.0 Å². The average molecular weight is 391 g/mol. The van der Waals surface area contributed by atoms with Crippen LogP contribution in [0, 0.1) is 0 Å². The largest absolute Gasteiger partial charge is 0.459 e. The van der Waals surface area contributed by atoms with Crippen LogP contribution in [0.1, 0.15) is 39.3 Å². The monoisotopic (exact) mass is 390 g/mol. The molecule has 2 aliphatic rings. The van der Waals surface area contributed by atoms with E-state index in [1.165, 1.54) is 11.8 Å². The number of aliphatic imine (C=N–C) groups is 1. The van der Waals surface area contributed by atoms with Gasteiger partial charge in [-0.3, -0.25) is 9.69 Å². The van der Waals surface area contributed by atoms with Gasteiger partial charge in [-0.25, -0.2) is 9.79 Å². The fourth-order valence-electron chi connectivity index (χ4n) is 3.04. The third-order valence-electron chi connectivity index (χ3n) is 4.25. The molecule has 138 valence electrons. The van der Waals surface area contributed by atoms with E-state index in [2.05, 4.69) is 4.99 Å². The van der Waals surface area contributed by atoms with Crippen LogP contribution in [0.4, 0.5) is 0 Å². The molecule has 2 unspecified atom stereocenters. The van der Waals surface area contributed by atoms with E-state index in [0.717, 1.165) is 10.5 Å². The Hall–Kier alpha value is -1.73. The molecule has 0 aliphatic carbocycles. The zero-order valence-corrected chi connectivity index (χ0v) is 17.1. The van der Waals surface area contributed by atoms with Gasteiger partial charge in [0.2, 0.25) is 5.91 Å². The van der Waals surface area contributed by atoms with Crippen LogP contribution >= 0.6 is 23.5 Å². The molecule has 1 aromatic rings. The second kappa shape index (κ2) is 7.48. The standard InChI is InChI=1S/C19H22N2O3S2/c1-10(2)24-18(23)15-11(3)20-19-21(17(22)12(4)26-19)16(15)13-6-8-14(25-5)9-7-13/h6-10,12,16H,1-5H3. The van der Waals surface area contributed by atoms with Crippen molar-refractivity contribution in [3.8, 4) is 0 Å². The van der Waals surface area contributed by atoms with Crippen LogP contribution in [0.15, 0.2) is 45.4 Å². The number of hydrogen-bond acceptors (Lipinski definition) is 6. The van der Waals surface area contributed by atoms with Gasteiger partial charge in [0.25, 0.3) is 0 Å². The lowest BCUT2D eigenvalue weighted by Gasteiger charge is -2.33. The number of hydrogen-bond donors (Lipinski definition) is 0. The molecule has 1 saturated heterocycles. The summed E-state index contributed by atoms with van der Waals surface area (Å²) in [6, 6.07) is 7.44. The highest BCUT2D eigenvalue weighted by atomic mass is 32.2. The Morgan fingerprint density at radius 1 is 1.31 bits per heavy atom. The molecule has 2 aliphatic heterocycles. The first-order valence-corrected chi connectivity index (χ1v) is 10.6. The van der Waals surface area contributed by atoms with Crippen LogP contribution < -0.4 is 0 Å². The minimum Gasteiger partial charge on any atom is -0.459 e. The van der Waals surface area contributed by atoms with Gasteiger partial charge in [-0.05, 0) is 51.6 Å². The van der Waals surface area contributed by atoms with Crippen LogP contribution in [0.3, 0.4) is 0 Å². The highest BCUT2D eigenvalue weighted by molar-refractivity contribution is 8.15. The number of benzene rings is 1. The number of amidine groups is 1. The zero-order chi connectivity index (χ0) is 19.0. The average Bonchev–Trinajstić information content (AvgIpc) is 2.87. The van der Waals surface area contributed by atoms with Crippen molar-refractivity contribution in [2.24, 2.45) is 4.99 Å². The molecule has 5 nitrogen and oxygen atoms in total. The van der Waals surface area contributed by atoms with Gasteiger partial charge in [-0.2, -0.15) is 0 Å². The first kappa shape index (κ1) is 19.0. The third kappa shape index (κ3) is 3.42. The first-order chi connectivity index (χ1) is 12.3. The van der Waals surface area contributed by atoms with Gasteiger partial charge in [0.05, 0.1) is 28.7 Å². The molecular weight excluding hydrogens is 368 g/mol. The number of thioether (sulfide) groups is 2. The van der Waals surface area contributed by atoms with E-state index >= 15 is 0 Å². The second-order valence-corrected chi connectivity index (χ2v) is 8.68. The molecule has 0 bridgehead atoms. The maximum atomic E-state index is 12.8. The maximum Gasteiger partial charge on any atom is 0.338 e. The summed E-state index contributed by atoms with van der Waals surface area (Å²) in [5.41, 5.74) is 1.92. The predicted molar refractivity (Wildman–Crippen MR) is 106 cm³/mol. The molecule has 2 atom stereocenters. The lowest BCUT2D eigenvalue weighted by Crippen LogP contribution is -2.40. The molecule has 3 rings (SSSR count). The summed E-state index contributed by atoms with van der Waals surface area (Å²) in [6.07, 6.45) is 1.77. The zero-order valence-electron chi connectivity index (χ0n) is 15.5. The van der Waals surface area contributed by atoms with E-state index < -0.39 is 12.0 Å². The summed E-state index contributed by atoms with van der Waals surface area (Å²) >= 11 is 3.08. The van der Waals surface area contributed by atoms with Crippen molar-refractivity contribution >= 4 is 40.6 Å². The molecular formula is C19H22N2O3S2. The molecule has 1 amide bonds. The van der Waals surface area contributed by atoms with Crippen molar-refractivity contribution in [2.45, 2.75) is 50.0 Å². The number of ether oxygens (including phenoxy) is 1. The van der Waals surface area contributed by atoms with Crippen molar-refractivity contribution in [1.82, 2.24) is 4.90 Å². The molecule has 26 heavy (non-hydrogen) atoms. The highest BCUT2D eigenvalue weighted by Crippen LogP contribution is 2.43. The fraction of sp³-hybridized carbons (Fsp3) is 0.421. The summed E-state index contributed by atoms with van der Waals surface area (Å²) in [5, 5.41) is 0.440. The Morgan fingerprint density at radius 2 is 1.96 bits per heavy atom. The highest BCUT2D eigenvalue weighted by Gasteiger charge is 2.46. The van der Waals surface area contributed by atoms with Gasteiger partial charge < -0.3 is 4.74 Å². The van der Waals surface area contributed by atoms with E-state index in [-0.39, 0.29) is 17.3 Å². The van der Waals surface area contributed by atoms with Crippen molar-refractivity contribution < 1.29 is 14.3 Å². The summed E-state index contributed by atoms with van der Waals surface area (Å²) in [5.74, 6) is -0.452. The Balaban J connectivity index is 2.11. The minimum absolute atomic E-state index is 0.0324. The lowest BCUT2D eigenvalue weighted by atomic mass is 9.94. The van der Waals surface area contributed by atoms with E-state index in [4.69, 9.17) is 4.74 Å². The van der Waals surface area contributed by atoms with Gasteiger partial charge in [-0.15, -0.1) is 11.8 Å². The molecule has 0 aromatic heterocycles. The number of carbonyl (C=O) groups excluding carboxylic acids is 2. The molecule has 0 radical (unpaired) electrons. The Bertz CT molecular complexity index is 800. The Kier molecular flexibility index (Phi) is 5.48. The first-order valence-electron chi connectivity index (χ1n) is 8.47. The van der Waals surface area contributed by atoms with Gasteiger partial charge in [-0.1, -0.05) is 23.9 Å². The minimum atomic E-state index is -0.505. The summed E-state index contributed by atoms with van der Waals surface area (Å²) in [6.45, 7) is 7.29. The van der Waals surface area contributed by atoms with Gasteiger partial charge in [0.15, 0.2) is 5.17 Å². The van der Waals surface area contributed by atoms with Gasteiger partial charge >= 0.3 is 5.97 Å². The van der Waals surface area contributed by atoms with Gasteiger partial charge in [0.1, 0.15) is 0 Å². The molecule has 0 saturated carbocycles. The number of amides is 1. The Morgan fingerprint density at radius 3 is 2.54 bits per heavy atom. The van der Waals surface area contributed by atoms with Crippen molar-refractivity contribution in [3.05, 3.63) is 41.1 Å². The summed E-state index contributed by atoms with van der Waals surface area (Å²) in [4.78, 5) is 32.9. The van der Waals surface area contributed by atoms with Crippen LogP contribution in [-0.2, 0) is 14.3 Å². The van der Waals surface area contributed by atoms with Crippen molar-refractivity contribution in [2.75, 3.05) is 6.26 Å². The van der Waals surface area contributed by atoms with Crippen molar-refractivity contribution in [3.63, 3.8) is 0 Å². The number of nitrogens with zero attached hydrogens (tertiary/aromatic N) is 2. The SMILES string of the molecule is CSc1ccc(C2C(C(=O)OC(C)C)=C(C)N=C3SC(C)C(=O)N32)cc1. The second-order valence-electron chi connectivity index (χ2n) is 6.49. The maximum absolute atomic E-state index is 12.8. The fourth-order valence-corrected chi connectivity index (χ4v) is 4.48. The molecule has 1 fully saturated rings. The van der Waals surface area contributed by atoms with Crippen LogP contribution in [0.2, 0.25) is 0 Å². The number of fused-ring (bicyclic) bond motifs is 1. The predicted octanol–water partition coefficient (Wildman–Crippen LogP) is 4.01. The molecule has 0 spiro atoms. The summed E-state index contributed by atoms with van der Waals surface area (Å²) in [7, 11) is 0. The number of allylic oxidation sites excluding steroid dienone is 1.